The van der Waals surface area contributed by atoms with Crippen LogP contribution >= 0.6 is 0 Å². The average Bonchev–Trinajstić information content (AvgIpc) is 3.18. The zero-order valence-corrected chi connectivity index (χ0v) is 17.3. The average molecular weight is 424 g/mol. The molecular weight excluding hydrogens is 404 g/mol. The molecule has 0 bridgehead atoms. The number of carbonyl (C=O) groups excluding carboxylic acids is 2. The highest BCUT2D eigenvalue weighted by molar-refractivity contribution is 7.93. The fourth-order valence-corrected chi connectivity index (χ4v) is 6.53. The summed E-state index contributed by atoms with van der Waals surface area (Å²) in [6.07, 6.45) is 0.0260. The largest absolute Gasteiger partial charge is 0.512 e. The Morgan fingerprint density at radius 1 is 1.00 bits per heavy atom. The molecule has 2 heterocycles. The Labute approximate surface area is 174 Å². The number of sulfonamides is 1. The predicted octanol–water partition coefficient (Wildman–Crippen LogP) is 2.48. The van der Waals surface area contributed by atoms with Crippen LogP contribution in [0.15, 0.2) is 59.2 Å². The van der Waals surface area contributed by atoms with Gasteiger partial charge in [-0.25, -0.2) is 8.42 Å². The first-order valence-corrected chi connectivity index (χ1v) is 11.1. The summed E-state index contributed by atoms with van der Waals surface area (Å²) >= 11 is 0. The van der Waals surface area contributed by atoms with Gasteiger partial charge in [0.2, 0.25) is 11.8 Å². The van der Waals surface area contributed by atoms with Crippen LogP contribution in [0.4, 0.5) is 5.69 Å². The Hall–Kier alpha value is -3.13. The van der Waals surface area contributed by atoms with Crippen molar-refractivity contribution < 1.29 is 23.1 Å². The second-order valence-electron chi connectivity index (χ2n) is 8.01. The lowest BCUT2D eigenvalue weighted by Crippen LogP contribution is -2.48. The monoisotopic (exact) mass is 424 g/mol. The van der Waals surface area contributed by atoms with Gasteiger partial charge in [-0.3, -0.25) is 18.8 Å². The van der Waals surface area contributed by atoms with Crippen molar-refractivity contribution in [3.05, 3.63) is 65.4 Å². The first kappa shape index (κ1) is 18.9. The molecule has 7 nitrogen and oxygen atoms in total. The number of carbonyl (C=O) groups is 2. The molecule has 0 radical (unpaired) electrons. The van der Waals surface area contributed by atoms with Crippen molar-refractivity contribution in [2.75, 3.05) is 11.4 Å². The van der Waals surface area contributed by atoms with Gasteiger partial charge in [0.05, 0.1) is 34.2 Å². The van der Waals surface area contributed by atoms with Crippen molar-refractivity contribution in [3.63, 3.8) is 0 Å². The summed E-state index contributed by atoms with van der Waals surface area (Å²) in [5, 5.41) is 10.8. The second-order valence-corrected chi connectivity index (χ2v) is 9.82. The number of benzene rings is 2. The van der Waals surface area contributed by atoms with E-state index in [4.69, 9.17) is 0 Å². The van der Waals surface area contributed by atoms with Gasteiger partial charge < -0.3 is 5.11 Å². The van der Waals surface area contributed by atoms with Gasteiger partial charge in [-0.05, 0) is 25.1 Å². The lowest BCUT2D eigenvalue weighted by molar-refractivity contribution is -0.138. The Bertz CT molecular complexity index is 1230. The van der Waals surface area contributed by atoms with Crippen LogP contribution in [-0.4, -0.2) is 43.3 Å². The number of likely N-dealkylation sites (tertiary alicyclic amines) is 1. The standard InChI is InChI=1S/C22H20N2O5S/c1-12-7-9-13(10-8-12)30(28,29)24-16-6-4-3-5-14(16)18-17(25)11-15-19(20(18)24)22(27)23(2)21(15)26/h3-10,15,19-20,25H,11H2,1-2H3. The van der Waals surface area contributed by atoms with Gasteiger partial charge >= 0.3 is 0 Å². The van der Waals surface area contributed by atoms with Crippen LogP contribution in [0.25, 0.3) is 5.57 Å². The molecule has 0 saturated carbocycles. The van der Waals surface area contributed by atoms with Crippen LogP contribution < -0.4 is 4.31 Å². The highest BCUT2D eigenvalue weighted by Crippen LogP contribution is 2.54. The summed E-state index contributed by atoms with van der Waals surface area (Å²) in [6.45, 7) is 1.87. The van der Waals surface area contributed by atoms with Crippen LogP contribution in [-0.2, 0) is 19.6 Å². The third-order valence-corrected chi connectivity index (χ3v) is 8.13. The van der Waals surface area contributed by atoms with Gasteiger partial charge in [-0.2, -0.15) is 0 Å². The molecule has 2 aromatic carbocycles. The third kappa shape index (κ3) is 2.34. The quantitative estimate of drug-likeness (QED) is 0.748. The van der Waals surface area contributed by atoms with E-state index in [0.717, 1.165) is 10.5 Å². The highest BCUT2D eigenvalue weighted by Gasteiger charge is 2.59. The van der Waals surface area contributed by atoms with Gasteiger partial charge in [0, 0.05) is 24.6 Å². The summed E-state index contributed by atoms with van der Waals surface area (Å²) in [5.74, 6) is -2.50. The molecule has 8 heteroatoms. The molecule has 30 heavy (non-hydrogen) atoms. The van der Waals surface area contributed by atoms with Crippen molar-refractivity contribution >= 4 is 33.1 Å². The molecule has 2 aromatic rings. The zero-order valence-electron chi connectivity index (χ0n) is 16.4. The van der Waals surface area contributed by atoms with Gasteiger partial charge in [-0.1, -0.05) is 35.9 Å². The summed E-state index contributed by atoms with van der Waals surface area (Å²) in [4.78, 5) is 26.7. The molecular formula is C22H20N2O5S. The number of aliphatic hydroxyl groups excluding tert-OH is 1. The van der Waals surface area contributed by atoms with Crippen molar-refractivity contribution in [3.8, 4) is 0 Å². The summed E-state index contributed by atoms with van der Waals surface area (Å²) in [7, 11) is -2.65. The Balaban J connectivity index is 1.76. The maximum atomic E-state index is 13.7. The van der Waals surface area contributed by atoms with Crippen LogP contribution in [0.2, 0.25) is 0 Å². The molecule has 3 atom stereocenters. The van der Waals surface area contributed by atoms with Crippen LogP contribution in [0.5, 0.6) is 0 Å². The van der Waals surface area contributed by atoms with E-state index in [1.165, 1.54) is 23.5 Å². The number of amides is 2. The smallest absolute Gasteiger partial charge is 0.264 e. The van der Waals surface area contributed by atoms with Crippen LogP contribution in [0.1, 0.15) is 17.5 Å². The zero-order chi connectivity index (χ0) is 21.4. The Kier molecular flexibility index (Phi) is 3.89. The fourth-order valence-electron chi connectivity index (χ4n) is 4.87. The van der Waals surface area contributed by atoms with E-state index in [2.05, 4.69) is 0 Å². The summed E-state index contributed by atoms with van der Waals surface area (Å²) in [6, 6.07) is 12.4. The molecule has 154 valence electrons. The van der Waals surface area contributed by atoms with Crippen molar-refractivity contribution in [2.45, 2.75) is 24.3 Å². The van der Waals surface area contributed by atoms with Crippen LogP contribution in [0, 0.1) is 18.8 Å². The number of anilines is 1. The molecule has 2 amide bonds. The molecule has 3 aliphatic rings. The molecule has 0 aromatic heterocycles. The van der Waals surface area contributed by atoms with E-state index in [9.17, 15) is 23.1 Å². The number of rotatable bonds is 2. The van der Waals surface area contributed by atoms with Gasteiger partial charge in [0.15, 0.2) is 0 Å². The minimum Gasteiger partial charge on any atom is -0.512 e. The Morgan fingerprint density at radius 3 is 2.37 bits per heavy atom. The summed E-state index contributed by atoms with van der Waals surface area (Å²) < 4.78 is 28.7. The number of nitrogens with zero attached hydrogens (tertiary/aromatic N) is 2. The third-order valence-electron chi connectivity index (χ3n) is 6.32. The number of aliphatic hydroxyl groups is 1. The molecule has 1 aliphatic carbocycles. The predicted molar refractivity (Wildman–Crippen MR) is 110 cm³/mol. The second kappa shape index (κ2) is 6.18. The van der Waals surface area contributed by atoms with Crippen molar-refractivity contribution in [1.29, 1.82) is 0 Å². The molecule has 3 unspecified atom stereocenters. The van der Waals surface area contributed by atoms with E-state index in [0.29, 0.717) is 16.8 Å². The minimum absolute atomic E-state index is 0.0260. The minimum atomic E-state index is -4.05. The Morgan fingerprint density at radius 2 is 1.67 bits per heavy atom. The molecule has 2 aliphatic heterocycles. The number of hydrogen-bond acceptors (Lipinski definition) is 5. The fraction of sp³-hybridized carbons (Fsp3) is 0.273. The molecule has 1 fully saturated rings. The van der Waals surface area contributed by atoms with Gasteiger partial charge in [-0.15, -0.1) is 0 Å². The van der Waals surface area contributed by atoms with E-state index < -0.39 is 33.8 Å². The maximum Gasteiger partial charge on any atom is 0.264 e. The topological polar surface area (TPSA) is 95.0 Å². The van der Waals surface area contributed by atoms with Gasteiger partial charge in [0.25, 0.3) is 10.0 Å². The molecule has 1 N–H and O–H groups in total. The first-order valence-electron chi connectivity index (χ1n) is 9.67. The molecule has 0 spiro atoms. The number of para-hydroxylation sites is 1. The number of imide groups is 1. The normalized spacial score (nSPS) is 25.5. The lowest BCUT2D eigenvalue weighted by atomic mass is 9.76. The number of hydrogen-bond donors (Lipinski definition) is 1. The van der Waals surface area contributed by atoms with Crippen LogP contribution in [0.3, 0.4) is 0 Å². The maximum absolute atomic E-state index is 13.7. The molecule has 1 saturated heterocycles. The number of allylic oxidation sites excluding steroid dienone is 1. The van der Waals surface area contributed by atoms with E-state index in [-0.39, 0.29) is 23.0 Å². The highest BCUT2D eigenvalue weighted by atomic mass is 32.2. The summed E-state index contributed by atoms with van der Waals surface area (Å²) in [5.41, 5.74) is 2.31. The number of fused-ring (bicyclic) bond motifs is 5. The van der Waals surface area contributed by atoms with Gasteiger partial charge in [0.1, 0.15) is 0 Å². The van der Waals surface area contributed by atoms with E-state index in [1.807, 2.05) is 6.92 Å². The first-order chi connectivity index (χ1) is 14.2. The SMILES string of the molecule is Cc1ccc(S(=O)(=O)N2c3ccccc3C3=C(O)CC4C(=O)N(C)C(=O)C4C32)cc1. The lowest BCUT2D eigenvalue weighted by Gasteiger charge is -2.35. The number of aryl methyl sites for hydroxylation is 1. The van der Waals surface area contributed by atoms with Crippen molar-refractivity contribution in [2.24, 2.45) is 11.8 Å². The van der Waals surface area contributed by atoms with E-state index in [1.54, 1.807) is 36.4 Å². The van der Waals surface area contributed by atoms with E-state index >= 15 is 0 Å². The van der Waals surface area contributed by atoms with Crippen molar-refractivity contribution in [1.82, 2.24) is 4.90 Å². The molecule has 5 rings (SSSR count).